The number of anilines is 1. The van der Waals surface area contributed by atoms with Crippen LogP contribution in [-0.2, 0) is 0 Å². The van der Waals surface area contributed by atoms with Crippen LogP contribution < -0.4 is 10.2 Å². The minimum Gasteiger partial charge on any atom is -0.335 e. The number of para-hydroxylation sites is 1. The lowest BCUT2D eigenvalue weighted by molar-refractivity contribution is 0.245. The highest BCUT2D eigenvalue weighted by Gasteiger charge is 2.13. The van der Waals surface area contributed by atoms with Crippen molar-refractivity contribution in [2.45, 2.75) is 40.2 Å². The molecule has 0 bridgehead atoms. The highest BCUT2D eigenvalue weighted by Crippen LogP contribution is 2.13. The lowest BCUT2D eigenvalue weighted by Crippen LogP contribution is -2.41. The van der Waals surface area contributed by atoms with E-state index in [-0.39, 0.29) is 12.1 Å². The number of urea groups is 1. The van der Waals surface area contributed by atoms with Crippen molar-refractivity contribution in [3.63, 3.8) is 0 Å². The summed E-state index contributed by atoms with van der Waals surface area (Å²) in [4.78, 5) is 13.4. The van der Waals surface area contributed by atoms with Crippen molar-refractivity contribution < 1.29 is 4.79 Å². The molecule has 2 amide bonds. The third-order valence-corrected chi connectivity index (χ3v) is 2.42. The standard InChI is InChI=1S/C13H18N2O.C2H6/c1-4-11(3)14-13(16)15(5-2)12-9-7-6-8-10-12;1-2/h5-11H,2,4H2,1,3H3,(H,14,16);1-2H3. The number of carbonyl (C=O) groups is 1. The van der Waals surface area contributed by atoms with E-state index in [2.05, 4.69) is 11.9 Å². The van der Waals surface area contributed by atoms with Gasteiger partial charge in [-0.25, -0.2) is 4.79 Å². The molecular weight excluding hydrogens is 224 g/mol. The molecule has 100 valence electrons. The smallest absolute Gasteiger partial charge is 0.326 e. The molecule has 0 heterocycles. The van der Waals surface area contributed by atoms with Crippen molar-refractivity contribution in [2.24, 2.45) is 0 Å². The molecule has 18 heavy (non-hydrogen) atoms. The van der Waals surface area contributed by atoms with Crippen LogP contribution in [0, 0.1) is 0 Å². The summed E-state index contributed by atoms with van der Waals surface area (Å²) in [5.41, 5.74) is 0.818. The number of benzene rings is 1. The highest BCUT2D eigenvalue weighted by molar-refractivity contribution is 5.93. The minimum atomic E-state index is -0.143. The first-order valence-corrected chi connectivity index (χ1v) is 6.46. The summed E-state index contributed by atoms with van der Waals surface area (Å²) in [6.07, 6.45) is 2.43. The van der Waals surface area contributed by atoms with Gasteiger partial charge in [0.2, 0.25) is 0 Å². The molecule has 1 aromatic rings. The molecule has 1 rings (SSSR count). The second-order valence-electron chi connectivity index (χ2n) is 3.65. The Kier molecular flexibility index (Phi) is 8.37. The molecule has 0 spiro atoms. The molecule has 0 saturated carbocycles. The second-order valence-corrected chi connectivity index (χ2v) is 3.65. The van der Waals surface area contributed by atoms with Crippen LogP contribution in [0.25, 0.3) is 0 Å². The average Bonchev–Trinajstić information content (AvgIpc) is 2.43. The zero-order chi connectivity index (χ0) is 14.0. The molecule has 0 aliphatic carbocycles. The maximum atomic E-state index is 11.9. The number of nitrogens with one attached hydrogen (secondary N) is 1. The highest BCUT2D eigenvalue weighted by atomic mass is 16.2. The molecule has 0 saturated heterocycles. The molecule has 0 radical (unpaired) electrons. The van der Waals surface area contributed by atoms with Gasteiger partial charge in [0.25, 0.3) is 0 Å². The lowest BCUT2D eigenvalue weighted by Gasteiger charge is -2.21. The monoisotopic (exact) mass is 248 g/mol. The van der Waals surface area contributed by atoms with Gasteiger partial charge in [0.15, 0.2) is 0 Å². The van der Waals surface area contributed by atoms with E-state index in [9.17, 15) is 4.79 Å². The van der Waals surface area contributed by atoms with Crippen LogP contribution in [-0.4, -0.2) is 12.1 Å². The molecule has 0 aliphatic heterocycles. The van der Waals surface area contributed by atoms with Crippen molar-refractivity contribution in [3.05, 3.63) is 43.1 Å². The van der Waals surface area contributed by atoms with E-state index in [1.165, 1.54) is 11.1 Å². The van der Waals surface area contributed by atoms with E-state index < -0.39 is 0 Å². The molecule has 1 N–H and O–H groups in total. The Morgan fingerprint density at radius 3 is 2.39 bits per heavy atom. The van der Waals surface area contributed by atoms with Crippen LogP contribution in [0.15, 0.2) is 43.1 Å². The average molecular weight is 248 g/mol. The van der Waals surface area contributed by atoms with Gasteiger partial charge in [0, 0.05) is 12.2 Å². The summed E-state index contributed by atoms with van der Waals surface area (Å²) >= 11 is 0. The van der Waals surface area contributed by atoms with Gasteiger partial charge < -0.3 is 5.32 Å². The van der Waals surface area contributed by atoms with Crippen molar-refractivity contribution in [1.29, 1.82) is 0 Å². The van der Waals surface area contributed by atoms with Crippen molar-refractivity contribution in [1.82, 2.24) is 5.32 Å². The predicted molar refractivity (Wildman–Crippen MR) is 78.8 cm³/mol. The van der Waals surface area contributed by atoms with E-state index >= 15 is 0 Å². The molecular formula is C15H24N2O. The number of hydrogen-bond acceptors (Lipinski definition) is 1. The Morgan fingerprint density at radius 2 is 1.94 bits per heavy atom. The van der Waals surface area contributed by atoms with E-state index in [4.69, 9.17) is 0 Å². The Morgan fingerprint density at radius 1 is 1.39 bits per heavy atom. The Bertz CT molecular complexity index is 349. The number of rotatable bonds is 4. The summed E-state index contributed by atoms with van der Waals surface area (Å²) in [5.74, 6) is 0. The maximum absolute atomic E-state index is 11.9. The number of nitrogens with zero attached hydrogens (tertiary/aromatic N) is 1. The topological polar surface area (TPSA) is 32.3 Å². The first-order valence-electron chi connectivity index (χ1n) is 6.46. The molecule has 0 aliphatic rings. The fourth-order valence-electron chi connectivity index (χ4n) is 1.28. The van der Waals surface area contributed by atoms with Crippen LogP contribution in [0.5, 0.6) is 0 Å². The summed E-state index contributed by atoms with van der Waals surface area (Å²) in [6.45, 7) is 11.7. The first kappa shape index (κ1) is 16.2. The molecule has 1 atom stereocenters. The van der Waals surface area contributed by atoms with Crippen molar-refractivity contribution >= 4 is 11.7 Å². The second kappa shape index (κ2) is 9.28. The minimum absolute atomic E-state index is 0.143. The normalized spacial score (nSPS) is 10.7. The Hall–Kier alpha value is -1.77. The zero-order valence-corrected chi connectivity index (χ0v) is 11.8. The summed E-state index contributed by atoms with van der Waals surface area (Å²) in [6, 6.07) is 9.46. The zero-order valence-electron chi connectivity index (χ0n) is 11.8. The van der Waals surface area contributed by atoms with Gasteiger partial charge in [-0.15, -0.1) is 0 Å². The largest absolute Gasteiger partial charge is 0.335 e. The van der Waals surface area contributed by atoms with E-state index in [0.717, 1.165) is 12.1 Å². The molecule has 1 unspecified atom stereocenters. The number of amides is 2. The number of hydrogen-bond donors (Lipinski definition) is 1. The van der Waals surface area contributed by atoms with Crippen LogP contribution >= 0.6 is 0 Å². The summed E-state index contributed by atoms with van der Waals surface area (Å²) in [7, 11) is 0. The fourth-order valence-corrected chi connectivity index (χ4v) is 1.28. The van der Waals surface area contributed by atoms with Gasteiger partial charge in [-0.05, 0) is 25.5 Å². The molecule has 1 aromatic carbocycles. The number of carbonyl (C=O) groups excluding carboxylic acids is 1. The fraction of sp³-hybridized carbons (Fsp3) is 0.400. The molecule has 0 aromatic heterocycles. The van der Waals surface area contributed by atoms with Crippen LogP contribution in [0.4, 0.5) is 10.5 Å². The van der Waals surface area contributed by atoms with Gasteiger partial charge >= 0.3 is 6.03 Å². The van der Waals surface area contributed by atoms with Crippen LogP contribution in [0.2, 0.25) is 0 Å². The SMILES string of the molecule is C=CN(C(=O)NC(C)CC)c1ccccc1.CC. The molecule has 3 nitrogen and oxygen atoms in total. The summed E-state index contributed by atoms with van der Waals surface area (Å²) in [5, 5.41) is 2.89. The predicted octanol–water partition coefficient (Wildman–Crippen LogP) is 4.17. The van der Waals surface area contributed by atoms with Gasteiger partial charge in [0.1, 0.15) is 0 Å². The van der Waals surface area contributed by atoms with E-state index in [0.29, 0.717) is 0 Å². The van der Waals surface area contributed by atoms with Gasteiger partial charge in [-0.2, -0.15) is 0 Å². The van der Waals surface area contributed by atoms with Gasteiger partial charge in [0.05, 0.1) is 5.69 Å². The summed E-state index contributed by atoms with van der Waals surface area (Å²) < 4.78 is 0. The van der Waals surface area contributed by atoms with E-state index in [1.807, 2.05) is 58.0 Å². The maximum Gasteiger partial charge on any atom is 0.326 e. The van der Waals surface area contributed by atoms with Crippen LogP contribution in [0.3, 0.4) is 0 Å². The third-order valence-electron chi connectivity index (χ3n) is 2.42. The van der Waals surface area contributed by atoms with Gasteiger partial charge in [-0.3, -0.25) is 4.90 Å². The Balaban J connectivity index is 0.00000137. The quantitative estimate of drug-likeness (QED) is 0.852. The van der Waals surface area contributed by atoms with E-state index in [1.54, 1.807) is 0 Å². The first-order chi connectivity index (χ1) is 8.69. The van der Waals surface area contributed by atoms with Gasteiger partial charge in [-0.1, -0.05) is 45.5 Å². The van der Waals surface area contributed by atoms with Crippen molar-refractivity contribution in [2.75, 3.05) is 4.90 Å². The van der Waals surface area contributed by atoms with Crippen LogP contribution in [0.1, 0.15) is 34.1 Å². The lowest BCUT2D eigenvalue weighted by atomic mass is 10.2. The molecule has 3 heteroatoms. The van der Waals surface area contributed by atoms with Crippen molar-refractivity contribution in [3.8, 4) is 0 Å². The third kappa shape index (κ3) is 5.04. The molecule has 0 fully saturated rings. The Labute approximate surface area is 111 Å².